The van der Waals surface area contributed by atoms with E-state index >= 15 is 0 Å². The van der Waals surface area contributed by atoms with Gasteiger partial charge in [-0.25, -0.2) is 4.98 Å². The van der Waals surface area contributed by atoms with Gasteiger partial charge < -0.3 is 26.3 Å². The Balaban J connectivity index is 0.983. The van der Waals surface area contributed by atoms with Gasteiger partial charge in [0.15, 0.2) is 0 Å². The summed E-state index contributed by atoms with van der Waals surface area (Å²) in [5.74, 6) is -1.92. The molecule has 0 unspecified atom stereocenters. The van der Waals surface area contributed by atoms with Gasteiger partial charge in [-0.2, -0.15) is 0 Å². The molecule has 0 aliphatic carbocycles. The van der Waals surface area contributed by atoms with Crippen molar-refractivity contribution in [3.8, 4) is 11.4 Å². The van der Waals surface area contributed by atoms with Gasteiger partial charge in [0.25, 0.3) is 35.0 Å². The van der Waals surface area contributed by atoms with Crippen LogP contribution in [0.1, 0.15) is 41.4 Å². The number of amides is 4. The predicted octanol–water partition coefficient (Wildman–Crippen LogP) is 9.36. The number of para-hydroxylation sites is 2. The van der Waals surface area contributed by atoms with Crippen LogP contribution in [0, 0.1) is 20.2 Å². The Bertz CT molecular complexity index is 2850. The smallest absolute Gasteiger partial charge is 0.282 e. The molecule has 0 atom stereocenters. The molecule has 7 aromatic rings. The van der Waals surface area contributed by atoms with Crippen LogP contribution in [-0.4, -0.2) is 43.4 Å². The molecule has 7 rings (SSSR count). The lowest BCUT2D eigenvalue weighted by atomic mass is 10.1. The van der Waals surface area contributed by atoms with Crippen molar-refractivity contribution < 1.29 is 29.0 Å². The number of benzene rings is 6. The van der Waals surface area contributed by atoms with Crippen molar-refractivity contribution >= 4 is 92.0 Å². The summed E-state index contributed by atoms with van der Waals surface area (Å²) in [6.07, 6.45) is 0. The number of rotatable bonds is 11. The van der Waals surface area contributed by atoms with Gasteiger partial charge in [0.2, 0.25) is 0 Å². The summed E-state index contributed by atoms with van der Waals surface area (Å²) < 4.78 is 0. The molecule has 0 saturated heterocycles. The lowest BCUT2D eigenvalue weighted by Gasteiger charge is -2.10. The van der Waals surface area contributed by atoms with Crippen LogP contribution in [0.15, 0.2) is 127 Å². The van der Waals surface area contributed by atoms with Crippen LogP contribution in [0.3, 0.4) is 0 Å². The van der Waals surface area contributed by atoms with Crippen LogP contribution < -0.4 is 21.3 Å². The third-order valence-corrected chi connectivity index (χ3v) is 9.54. The van der Waals surface area contributed by atoms with Crippen molar-refractivity contribution in [2.45, 2.75) is 0 Å². The lowest BCUT2D eigenvalue weighted by Crippen LogP contribution is -2.15. The van der Waals surface area contributed by atoms with E-state index in [9.17, 15) is 39.4 Å². The molecule has 0 radical (unpaired) electrons. The topological polar surface area (TPSA) is 231 Å². The quantitative estimate of drug-likeness (QED) is 0.0616. The fourth-order valence-corrected chi connectivity index (χ4v) is 6.37. The number of carbonyl (C=O) groups is 4. The maximum Gasteiger partial charge on any atom is 0.282 e. The summed E-state index contributed by atoms with van der Waals surface area (Å²) in [5, 5.41) is 33.7. The minimum Gasteiger partial charge on any atom is -0.337 e. The van der Waals surface area contributed by atoms with E-state index in [1.807, 2.05) is 0 Å². The molecule has 0 bridgehead atoms. The largest absolute Gasteiger partial charge is 0.337 e. The van der Waals surface area contributed by atoms with E-state index in [4.69, 9.17) is 23.2 Å². The maximum absolute atomic E-state index is 13.1. The van der Waals surface area contributed by atoms with Crippen molar-refractivity contribution in [1.29, 1.82) is 0 Å². The van der Waals surface area contributed by atoms with Gasteiger partial charge in [0.1, 0.15) is 17.0 Å². The zero-order chi connectivity index (χ0) is 41.8. The molecule has 0 spiro atoms. The number of halogens is 2. The highest BCUT2D eigenvalue weighted by Gasteiger charge is 2.21. The highest BCUT2D eigenvalue weighted by molar-refractivity contribution is 6.38. The van der Waals surface area contributed by atoms with E-state index in [0.717, 1.165) is 0 Å². The first-order valence-corrected chi connectivity index (χ1v) is 18.0. The summed E-state index contributed by atoms with van der Waals surface area (Å²) in [4.78, 5) is 80.6. The molecular weight excluding hydrogens is 803 g/mol. The Morgan fingerprint density at radius 2 is 1.03 bits per heavy atom. The molecule has 0 aliphatic rings. The van der Waals surface area contributed by atoms with Gasteiger partial charge in [-0.3, -0.25) is 39.4 Å². The summed E-state index contributed by atoms with van der Waals surface area (Å²) in [6.45, 7) is 0. The van der Waals surface area contributed by atoms with Crippen LogP contribution in [-0.2, 0) is 0 Å². The summed E-state index contributed by atoms with van der Waals surface area (Å²) >= 11 is 13.3. The number of carbonyl (C=O) groups excluding carboxylic acids is 4. The molecule has 0 aliphatic heterocycles. The number of H-pyrrole nitrogens is 1. The second-order valence-electron chi connectivity index (χ2n) is 12.6. The molecular formula is C41H26Cl2N8O8. The van der Waals surface area contributed by atoms with Gasteiger partial charge in [0, 0.05) is 40.2 Å². The predicted molar refractivity (Wildman–Crippen MR) is 222 cm³/mol. The molecule has 0 saturated carbocycles. The number of nitro groups is 2. The van der Waals surface area contributed by atoms with E-state index in [-0.39, 0.29) is 43.7 Å². The molecule has 18 heteroatoms. The Morgan fingerprint density at radius 3 is 1.53 bits per heavy atom. The third kappa shape index (κ3) is 8.58. The van der Waals surface area contributed by atoms with Crippen LogP contribution in [0.2, 0.25) is 10.0 Å². The Morgan fingerprint density at radius 1 is 0.559 bits per heavy atom. The molecule has 292 valence electrons. The number of imidazole rings is 1. The average Bonchev–Trinajstić information content (AvgIpc) is 3.68. The zero-order valence-electron chi connectivity index (χ0n) is 30.0. The summed E-state index contributed by atoms with van der Waals surface area (Å²) in [5.41, 5.74) is 2.36. The van der Waals surface area contributed by atoms with Crippen molar-refractivity contribution in [2.24, 2.45) is 0 Å². The van der Waals surface area contributed by atoms with Gasteiger partial charge in [-0.15, -0.1) is 0 Å². The third-order valence-electron chi connectivity index (χ3n) is 8.84. The molecule has 0 fully saturated rings. The van der Waals surface area contributed by atoms with E-state index in [1.165, 1.54) is 97.1 Å². The number of hydrogen-bond donors (Lipinski definition) is 5. The Kier molecular flexibility index (Phi) is 11.1. The van der Waals surface area contributed by atoms with Crippen LogP contribution >= 0.6 is 23.2 Å². The van der Waals surface area contributed by atoms with Crippen LogP contribution in [0.4, 0.5) is 34.1 Å². The van der Waals surface area contributed by atoms with E-state index in [0.29, 0.717) is 45.2 Å². The van der Waals surface area contributed by atoms with Gasteiger partial charge >= 0.3 is 0 Å². The lowest BCUT2D eigenvalue weighted by molar-refractivity contribution is -0.385. The SMILES string of the molecule is O=C(Nc1ccc(-c2nc3ccc(NC(=O)c4ccc(NC(=O)c5ccccc5[N+](=O)[O-])cc4)c(Cl)c3[nH]2)cc1Cl)c1ccc(NC(=O)c2ccccc2[N+](=O)[O-])cc1. The highest BCUT2D eigenvalue weighted by Crippen LogP contribution is 2.34. The van der Waals surface area contributed by atoms with Crippen LogP contribution in [0.5, 0.6) is 0 Å². The summed E-state index contributed by atoms with van der Waals surface area (Å²) in [7, 11) is 0. The minimum atomic E-state index is -0.675. The standard InChI is InChI=1S/C41H26Cl2N8O8/c42-29-21-24(13-18-30(29)47-38(52)22-9-14-25(15-10-22)44-40(54)27-5-1-3-7-33(27)50(56)57)37-46-32-20-19-31(35(43)36(32)49-37)48-39(53)23-11-16-26(17-12-23)45-41(55)28-6-2-4-8-34(28)51(58)59/h1-21H,(H,44,54)(H,45,55)(H,46,49)(H,47,52)(H,48,53). The number of anilines is 4. The molecule has 5 N–H and O–H groups in total. The fraction of sp³-hybridized carbons (Fsp3) is 0. The first kappa shape index (κ1) is 39.3. The molecule has 59 heavy (non-hydrogen) atoms. The number of aromatic nitrogens is 2. The zero-order valence-corrected chi connectivity index (χ0v) is 31.5. The highest BCUT2D eigenvalue weighted by atomic mass is 35.5. The Labute approximate surface area is 342 Å². The summed E-state index contributed by atoms with van der Waals surface area (Å²) in [6, 6.07) is 31.1. The molecule has 1 heterocycles. The number of nitrogens with zero attached hydrogens (tertiary/aromatic N) is 3. The van der Waals surface area contributed by atoms with Gasteiger partial charge in [-0.05, 0) is 91.0 Å². The second kappa shape index (κ2) is 16.6. The van der Waals surface area contributed by atoms with E-state index in [1.54, 1.807) is 30.3 Å². The van der Waals surface area contributed by atoms with Crippen LogP contribution in [0.25, 0.3) is 22.4 Å². The van der Waals surface area contributed by atoms with Gasteiger partial charge in [0.05, 0.1) is 42.3 Å². The molecule has 16 nitrogen and oxygen atoms in total. The monoisotopic (exact) mass is 828 g/mol. The fourth-order valence-electron chi connectivity index (χ4n) is 5.89. The average molecular weight is 830 g/mol. The normalized spacial score (nSPS) is 10.7. The van der Waals surface area contributed by atoms with Crippen molar-refractivity contribution in [2.75, 3.05) is 21.3 Å². The molecule has 6 aromatic carbocycles. The number of nitro benzene ring substituents is 2. The first-order chi connectivity index (χ1) is 28.4. The number of aromatic amines is 1. The van der Waals surface area contributed by atoms with Crippen molar-refractivity contribution in [3.63, 3.8) is 0 Å². The number of nitrogens with one attached hydrogen (secondary N) is 5. The Hall–Kier alpha value is -7.95. The van der Waals surface area contributed by atoms with E-state index in [2.05, 4.69) is 31.2 Å². The maximum atomic E-state index is 13.1. The van der Waals surface area contributed by atoms with Crippen molar-refractivity contribution in [1.82, 2.24) is 9.97 Å². The van der Waals surface area contributed by atoms with Gasteiger partial charge in [-0.1, -0.05) is 47.5 Å². The first-order valence-electron chi connectivity index (χ1n) is 17.3. The minimum absolute atomic E-state index is 0.105. The second-order valence-corrected chi connectivity index (χ2v) is 13.4. The molecule has 4 amide bonds. The number of fused-ring (bicyclic) bond motifs is 1. The number of hydrogen-bond acceptors (Lipinski definition) is 9. The van der Waals surface area contributed by atoms with E-state index < -0.39 is 33.5 Å². The molecule has 1 aromatic heterocycles. The van der Waals surface area contributed by atoms with Crippen molar-refractivity contribution in [3.05, 3.63) is 180 Å².